The number of hydrogen-bond donors (Lipinski definition) is 0. The second-order valence-electron chi connectivity index (χ2n) is 7.75. The number of Topliss-reactive ketones (excluding diaryl/α,β-unsaturated/α-hetero) is 1. The van der Waals surface area contributed by atoms with Crippen molar-refractivity contribution in [3.05, 3.63) is 100 Å². The SMILES string of the molecule is Cc1ccc(N2C(=O)c3ccc(C(=O)OC(C)C(=O)c4ccccc4)cc3C2=O)cc1C. The maximum atomic E-state index is 13.0. The van der Waals surface area contributed by atoms with Gasteiger partial charge in [-0.05, 0) is 62.2 Å². The Kier molecular flexibility index (Phi) is 5.45. The van der Waals surface area contributed by atoms with Crippen LogP contribution in [0.1, 0.15) is 59.5 Å². The molecule has 32 heavy (non-hydrogen) atoms. The lowest BCUT2D eigenvalue weighted by atomic mass is 10.1. The number of ketones is 1. The summed E-state index contributed by atoms with van der Waals surface area (Å²) in [7, 11) is 0. The van der Waals surface area contributed by atoms with Gasteiger partial charge in [-0.2, -0.15) is 0 Å². The lowest BCUT2D eigenvalue weighted by Gasteiger charge is -2.15. The fourth-order valence-electron chi connectivity index (χ4n) is 3.59. The minimum Gasteiger partial charge on any atom is -0.451 e. The lowest BCUT2D eigenvalue weighted by Crippen LogP contribution is -2.29. The summed E-state index contributed by atoms with van der Waals surface area (Å²) < 4.78 is 5.32. The minimum atomic E-state index is -0.998. The smallest absolute Gasteiger partial charge is 0.338 e. The fraction of sp³-hybridized carbons (Fsp3) is 0.154. The monoisotopic (exact) mass is 427 g/mol. The van der Waals surface area contributed by atoms with E-state index in [1.54, 1.807) is 42.5 Å². The van der Waals surface area contributed by atoms with Gasteiger partial charge in [0.25, 0.3) is 11.8 Å². The third-order valence-corrected chi connectivity index (χ3v) is 5.58. The summed E-state index contributed by atoms with van der Waals surface area (Å²) >= 11 is 0. The lowest BCUT2D eigenvalue weighted by molar-refractivity contribution is 0.0318. The molecule has 0 saturated carbocycles. The molecule has 0 fully saturated rings. The Morgan fingerprint density at radius 2 is 1.47 bits per heavy atom. The molecule has 6 heteroatoms. The van der Waals surface area contributed by atoms with Gasteiger partial charge in [-0.3, -0.25) is 14.4 Å². The summed E-state index contributed by atoms with van der Waals surface area (Å²) in [5, 5.41) is 0. The van der Waals surface area contributed by atoms with Gasteiger partial charge in [-0.1, -0.05) is 36.4 Å². The molecule has 3 aromatic rings. The number of hydrogen-bond acceptors (Lipinski definition) is 5. The van der Waals surface area contributed by atoms with Gasteiger partial charge in [0.2, 0.25) is 5.78 Å². The average molecular weight is 427 g/mol. The molecular formula is C26H21NO5. The van der Waals surface area contributed by atoms with E-state index in [2.05, 4.69) is 0 Å². The van der Waals surface area contributed by atoms with Gasteiger partial charge < -0.3 is 4.74 Å². The number of esters is 1. The normalized spacial score (nSPS) is 13.7. The Balaban J connectivity index is 1.56. The second kappa shape index (κ2) is 8.23. The van der Waals surface area contributed by atoms with Crippen molar-refractivity contribution in [1.29, 1.82) is 0 Å². The molecule has 2 amide bonds. The molecule has 1 aliphatic heterocycles. The topological polar surface area (TPSA) is 80.8 Å². The number of carbonyl (C=O) groups excluding carboxylic acids is 4. The van der Waals surface area contributed by atoms with Crippen molar-refractivity contribution < 1.29 is 23.9 Å². The van der Waals surface area contributed by atoms with Crippen LogP contribution in [-0.4, -0.2) is 29.7 Å². The number of carbonyl (C=O) groups is 4. The number of imide groups is 1. The Morgan fingerprint density at radius 3 is 2.16 bits per heavy atom. The van der Waals surface area contributed by atoms with E-state index < -0.39 is 23.9 Å². The first kappa shape index (κ1) is 21.2. The first-order chi connectivity index (χ1) is 15.3. The zero-order valence-corrected chi connectivity index (χ0v) is 17.9. The molecule has 4 rings (SSSR count). The Morgan fingerprint density at radius 1 is 0.781 bits per heavy atom. The van der Waals surface area contributed by atoms with Crippen LogP contribution in [0.3, 0.4) is 0 Å². The minimum absolute atomic E-state index is 0.0968. The first-order valence-electron chi connectivity index (χ1n) is 10.2. The molecule has 6 nitrogen and oxygen atoms in total. The Bertz CT molecular complexity index is 1260. The van der Waals surface area contributed by atoms with Crippen LogP contribution in [-0.2, 0) is 4.74 Å². The van der Waals surface area contributed by atoms with Crippen LogP contribution in [0.25, 0.3) is 0 Å². The van der Waals surface area contributed by atoms with Crippen molar-refractivity contribution in [2.24, 2.45) is 0 Å². The molecule has 1 atom stereocenters. The molecule has 0 bridgehead atoms. The molecule has 160 valence electrons. The van der Waals surface area contributed by atoms with Crippen LogP contribution in [0.5, 0.6) is 0 Å². The van der Waals surface area contributed by atoms with Gasteiger partial charge in [0, 0.05) is 5.56 Å². The molecule has 0 radical (unpaired) electrons. The van der Waals surface area contributed by atoms with Crippen LogP contribution >= 0.6 is 0 Å². The number of aryl methyl sites for hydroxylation is 2. The summed E-state index contributed by atoms with van der Waals surface area (Å²) in [6.07, 6.45) is -0.998. The Hall–Kier alpha value is -4.06. The summed E-state index contributed by atoms with van der Waals surface area (Å²) in [6.45, 7) is 5.35. The van der Waals surface area contributed by atoms with Gasteiger partial charge in [0.1, 0.15) is 0 Å². The predicted octanol–water partition coefficient (Wildman–Crippen LogP) is 4.53. The van der Waals surface area contributed by atoms with Gasteiger partial charge in [0.15, 0.2) is 6.10 Å². The van der Waals surface area contributed by atoms with E-state index in [0.717, 1.165) is 16.0 Å². The highest BCUT2D eigenvalue weighted by atomic mass is 16.5. The van der Waals surface area contributed by atoms with Gasteiger partial charge in [0.05, 0.1) is 22.4 Å². The second-order valence-corrected chi connectivity index (χ2v) is 7.75. The zero-order valence-electron chi connectivity index (χ0n) is 17.9. The molecule has 1 unspecified atom stereocenters. The van der Waals surface area contributed by atoms with E-state index in [1.165, 1.54) is 25.1 Å². The maximum Gasteiger partial charge on any atom is 0.338 e. The molecule has 0 saturated heterocycles. The number of rotatable bonds is 5. The highest BCUT2D eigenvalue weighted by molar-refractivity contribution is 6.34. The van der Waals surface area contributed by atoms with Crippen LogP contribution in [0.4, 0.5) is 5.69 Å². The number of nitrogens with zero attached hydrogens (tertiary/aromatic N) is 1. The molecule has 1 heterocycles. The van der Waals surface area contributed by atoms with Crippen LogP contribution in [0.2, 0.25) is 0 Å². The molecule has 0 spiro atoms. The van der Waals surface area contributed by atoms with E-state index in [-0.39, 0.29) is 22.5 Å². The van der Waals surface area contributed by atoms with Gasteiger partial charge in [-0.15, -0.1) is 0 Å². The molecular weight excluding hydrogens is 406 g/mol. The van der Waals surface area contributed by atoms with E-state index in [4.69, 9.17) is 4.74 Å². The van der Waals surface area contributed by atoms with E-state index in [1.807, 2.05) is 19.9 Å². The number of anilines is 1. The first-order valence-corrected chi connectivity index (χ1v) is 10.2. The fourth-order valence-corrected chi connectivity index (χ4v) is 3.59. The highest BCUT2D eigenvalue weighted by Gasteiger charge is 2.37. The van der Waals surface area contributed by atoms with E-state index >= 15 is 0 Å². The van der Waals surface area contributed by atoms with E-state index in [9.17, 15) is 19.2 Å². The summed E-state index contributed by atoms with van der Waals surface area (Å²) in [5.41, 5.74) is 3.37. The zero-order chi connectivity index (χ0) is 23.0. The predicted molar refractivity (Wildman–Crippen MR) is 119 cm³/mol. The van der Waals surface area contributed by atoms with Crippen LogP contribution < -0.4 is 4.90 Å². The quantitative estimate of drug-likeness (QED) is 0.339. The summed E-state index contributed by atoms with van der Waals surface area (Å²) in [6, 6.07) is 18.1. The van der Waals surface area contributed by atoms with Gasteiger partial charge >= 0.3 is 5.97 Å². The number of ether oxygens (including phenoxy) is 1. The highest BCUT2D eigenvalue weighted by Crippen LogP contribution is 2.30. The largest absolute Gasteiger partial charge is 0.451 e. The maximum absolute atomic E-state index is 13.0. The third kappa shape index (κ3) is 3.71. The van der Waals surface area contributed by atoms with Crippen molar-refractivity contribution in [2.75, 3.05) is 4.90 Å². The number of amides is 2. The average Bonchev–Trinajstić information content (AvgIpc) is 3.05. The summed E-state index contributed by atoms with van der Waals surface area (Å²) in [4.78, 5) is 52.0. The van der Waals surface area contributed by atoms with Gasteiger partial charge in [-0.25, -0.2) is 9.69 Å². The summed E-state index contributed by atoms with van der Waals surface area (Å²) in [5.74, 6) is -2.01. The number of fused-ring (bicyclic) bond motifs is 1. The standard InChI is InChI=1S/C26H21NO5/c1-15-9-11-20(13-16(15)2)27-24(29)21-12-10-19(14-22(21)25(27)30)26(31)32-17(3)23(28)18-7-5-4-6-8-18/h4-14,17H,1-3H3. The van der Waals surface area contributed by atoms with E-state index in [0.29, 0.717) is 11.3 Å². The molecule has 0 aromatic heterocycles. The van der Waals surface area contributed by atoms with Crippen molar-refractivity contribution in [2.45, 2.75) is 26.9 Å². The molecule has 1 aliphatic rings. The Labute approximate surface area is 185 Å². The molecule has 0 aliphatic carbocycles. The van der Waals surface area contributed by atoms with Crippen molar-refractivity contribution in [3.8, 4) is 0 Å². The number of benzene rings is 3. The van der Waals surface area contributed by atoms with Crippen molar-refractivity contribution in [3.63, 3.8) is 0 Å². The molecule has 3 aromatic carbocycles. The van der Waals surface area contributed by atoms with Crippen LogP contribution in [0, 0.1) is 13.8 Å². The van der Waals surface area contributed by atoms with Crippen molar-refractivity contribution >= 4 is 29.3 Å². The van der Waals surface area contributed by atoms with Crippen LogP contribution in [0.15, 0.2) is 66.7 Å². The van der Waals surface area contributed by atoms with Crippen molar-refractivity contribution in [1.82, 2.24) is 0 Å². The molecule has 0 N–H and O–H groups in total. The third-order valence-electron chi connectivity index (χ3n) is 5.58.